The normalized spacial score (nSPS) is 17.0. The van der Waals surface area contributed by atoms with Crippen molar-refractivity contribution in [3.63, 3.8) is 0 Å². The summed E-state index contributed by atoms with van der Waals surface area (Å²) < 4.78 is 10.9. The van der Waals surface area contributed by atoms with Crippen LogP contribution >= 0.6 is 11.6 Å². The minimum absolute atomic E-state index is 0.110. The molecule has 1 aromatic carbocycles. The number of ether oxygens (including phenoxy) is 2. The minimum Gasteiger partial charge on any atom is -0.481 e. The summed E-state index contributed by atoms with van der Waals surface area (Å²) >= 11 is 5.97. The zero-order valence-corrected chi connectivity index (χ0v) is 13.9. The second-order valence-corrected chi connectivity index (χ2v) is 5.82. The van der Waals surface area contributed by atoms with Crippen LogP contribution < -0.4 is 10.1 Å². The molecule has 1 amide bonds. The SMILES string of the molecule is Cc1cc(O[C@@H](C)C(=O)NCCN2CCOCC2)ccc1Cl. The molecule has 122 valence electrons. The molecule has 5 nitrogen and oxygen atoms in total. The van der Waals surface area contributed by atoms with Crippen molar-refractivity contribution in [3.05, 3.63) is 28.8 Å². The first-order valence-corrected chi connectivity index (χ1v) is 7.94. The Morgan fingerprint density at radius 2 is 2.18 bits per heavy atom. The average molecular weight is 327 g/mol. The van der Waals surface area contributed by atoms with Crippen LogP contribution in [0.25, 0.3) is 0 Å². The highest BCUT2D eigenvalue weighted by Gasteiger charge is 2.15. The molecule has 0 bridgehead atoms. The lowest BCUT2D eigenvalue weighted by Crippen LogP contribution is -2.43. The van der Waals surface area contributed by atoms with Gasteiger partial charge in [0.25, 0.3) is 5.91 Å². The van der Waals surface area contributed by atoms with Gasteiger partial charge in [0.05, 0.1) is 13.2 Å². The Balaban J connectivity index is 1.73. The van der Waals surface area contributed by atoms with Gasteiger partial charge in [-0.3, -0.25) is 9.69 Å². The standard InChI is InChI=1S/C16H23ClN2O3/c1-12-11-14(3-4-15(12)17)22-13(2)16(20)18-5-6-19-7-9-21-10-8-19/h3-4,11,13H,5-10H2,1-2H3,(H,18,20)/t13-/m0/s1. The van der Waals surface area contributed by atoms with Gasteiger partial charge in [-0.1, -0.05) is 11.6 Å². The molecule has 0 spiro atoms. The maximum absolute atomic E-state index is 12.0. The highest BCUT2D eigenvalue weighted by atomic mass is 35.5. The Bertz CT molecular complexity index is 504. The van der Waals surface area contributed by atoms with Crippen LogP contribution in [0.15, 0.2) is 18.2 Å². The summed E-state index contributed by atoms with van der Waals surface area (Å²) in [6.07, 6.45) is -0.537. The Morgan fingerprint density at radius 3 is 2.86 bits per heavy atom. The van der Waals surface area contributed by atoms with Crippen LogP contribution in [-0.2, 0) is 9.53 Å². The number of halogens is 1. The van der Waals surface area contributed by atoms with Crippen molar-refractivity contribution in [3.8, 4) is 5.75 Å². The maximum atomic E-state index is 12.0. The predicted molar refractivity (Wildman–Crippen MR) is 86.5 cm³/mol. The van der Waals surface area contributed by atoms with Gasteiger partial charge in [-0.2, -0.15) is 0 Å². The van der Waals surface area contributed by atoms with E-state index in [1.54, 1.807) is 19.1 Å². The molecule has 0 aromatic heterocycles. The summed E-state index contributed by atoms with van der Waals surface area (Å²) in [6, 6.07) is 5.38. The number of hydrogen-bond acceptors (Lipinski definition) is 4. The number of carbonyl (C=O) groups excluding carboxylic acids is 1. The van der Waals surface area contributed by atoms with E-state index in [1.807, 2.05) is 13.0 Å². The van der Waals surface area contributed by atoms with E-state index >= 15 is 0 Å². The zero-order valence-electron chi connectivity index (χ0n) is 13.1. The summed E-state index contributed by atoms with van der Waals surface area (Å²) in [7, 11) is 0. The molecule has 0 aliphatic carbocycles. The van der Waals surface area contributed by atoms with Crippen molar-refractivity contribution in [2.45, 2.75) is 20.0 Å². The molecule has 0 saturated carbocycles. The highest BCUT2D eigenvalue weighted by molar-refractivity contribution is 6.31. The van der Waals surface area contributed by atoms with E-state index in [0.717, 1.165) is 38.4 Å². The molecule has 1 saturated heterocycles. The monoisotopic (exact) mass is 326 g/mol. The molecule has 1 heterocycles. The van der Waals surface area contributed by atoms with Gasteiger partial charge in [-0.25, -0.2) is 0 Å². The molecule has 0 radical (unpaired) electrons. The van der Waals surface area contributed by atoms with Gasteiger partial charge in [0.15, 0.2) is 6.10 Å². The molecule has 1 aromatic rings. The van der Waals surface area contributed by atoms with E-state index < -0.39 is 6.10 Å². The van der Waals surface area contributed by atoms with E-state index in [0.29, 0.717) is 17.3 Å². The predicted octanol–water partition coefficient (Wildman–Crippen LogP) is 1.86. The fourth-order valence-electron chi connectivity index (χ4n) is 2.25. The third-order valence-electron chi connectivity index (χ3n) is 3.64. The molecule has 6 heteroatoms. The molecule has 1 aliphatic heterocycles. The Morgan fingerprint density at radius 1 is 1.45 bits per heavy atom. The average Bonchev–Trinajstić information content (AvgIpc) is 2.52. The fraction of sp³-hybridized carbons (Fsp3) is 0.562. The number of benzene rings is 1. The lowest BCUT2D eigenvalue weighted by atomic mass is 10.2. The van der Waals surface area contributed by atoms with Gasteiger partial charge >= 0.3 is 0 Å². The first-order chi connectivity index (χ1) is 10.6. The van der Waals surface area contributed by atoms with Crippen LogP contribution in [0.5, 0.6) is 5.75 Å². The maximum Gasteiger partial charge on any atom is 0.260 e. The van der Waals surface area contributed by atoms with Crippen molar-refractivity contribution in [2.75, 3.05) is 39.4 Å². The molecule has 2 rings (SSSR count). The van der Waals surface area contributed by atoms with Crippen LogP contribution in [-0.4, -0.2) is 56.3 Å². The number of rotatable bonds is 6. The van der Waals surface area contributed by atoms with Crippen LogP contribution in [0, 0.1) is 6.92 Å². The lowest BCUT2D eigenvalue weighted by molar-refractivity contribution is -0.127. The van der Waals surface area contributed by atoms with Crippen molar-refractivity contribution in [1.29, 1.82) is 0 Å². The van der Waals surface area contributed by atoms with Crippen molar-refractivity contribution < 1.29 is 14.3 Å². The van der Waals surface area contributed by atoms with Gasteiger partial charge < -0.3 is 14.8 Å². The second kappa shape index (κ2) is 8.36. The van der Waals surface area contributed by atoms with E-state index in [2.05, 4.69) is 10.2 Å². The van der Waals surface area contributed by atoms with Gasteiger partial charge in [0.2, 0.25) is 0 Å². The molecule has 0 unspecified atom stereocenters. The number of carbonyl (C=O) groups is 1. The van der Waals surface area contributed by atoms with Crippen molar-refractivity contribution in [1.82, 2.24) is 10.2 Å². The third kappa shape index (κ3) is 5.16. The summed E-state index contributed by atoms with van der Waals surface area (Å²) in [6.45, 7) is 8.48. The number of nitrogens with one attached hydrogen (secondary N) is 1. The highest BCUT2D eigenvalue weighted by Crippen LogP contribution is 2.21. The summed E-state index contributed by atoms with van der Waals surface area (Å²) in [5.74, 6) is 0.540. The Labute approximate surface area is 136 Å². The van der Waals surface area contributed by atoms with Crippen LogP contribution in [0.2, 0.25) is 5.02 Å². The van der Waals surface area contributed by atoms with E-state index in [1.165, 1.54) is 0 Å². The van der Waals surface area contributed by atoms with Crippen molar-refractivity contribution >= 4 is 17.5 Å². The van der Waals surface area contributed by atoms with E-state index in [9.17, 15) is 4.79 Å². The molecular formula is C16H23ClN2O3. The molecule has 22 heavy (non-hydrogen) atoms. The second-order valence-electron chi connectivity index (χ2n) is 5.42. The Kier molecular flexibility index (Phi) is 6.49. The van der Waals surface area contributed by atoms with Crippen LogP contribution in [0.4, 0.5) is 0 Å². The zero-order chi connectivity index (χ0) is 15.9. The third-order valence-corrected chi connectivity index (χ3v) is 4.07. The topological polar surface area (TPSA) is 50.8 Å². The summed E-state index contributed by atoms with van der Waals surface area (Å²) in [5, 5.41) is 3.59. The number of hydrogen-bond donors (Lipinski definition) is 1. The van der Waals surface area contributed by atoms with Gasteiger partial charge in [-0.15, -0.1) is 0 Å². The number of aryl methyl sites for hydroxylation is 1. The smallest absolute Gasteiger partial charge is 0.260 e. The molecular weight excluding hydrogens is 304 g/mol. The molecule has 1 N–H and O–H groups in total. The molecule has 1 fully saturated rings. The quantitative estimate of drug-likeness (QED) is 0.867. The summed E-state index contributed by atoms with van der Waals surface area (Å²) in [5.41, 5.74) is 0.930. The first-order valence-electron chi connectivity index (χ1n) is 7.57. The van der Waals surface area contributed by atoms with E-state index in [4.69, 9.17) is 21.1 Å². The van der Waals surface area contributed by atoms with E-state index in [-0.39, 0.29) is 5.91 Å². The number of nitrogens with zero attached hydrogens (tertiary/aromatic N) is 1. The number of amides is 1. The van der Waals surface area contributed by atoms with Crippen molar-refractivity contribution in [2.24, 2.45) is 0 Å². The first kappa shape index (κ1) is 17.1. The largest absolute Gasteiger partial charge is 0.481 e. The lowest BCUT2D eigenvalue weighted by Gasteiger charge is -2.26. The van der Waals surface area contributed by atoms with Gasteiger partial charge in [0, 0.05) is 31.2 Å². The number of morpholine rings is 1. The Hall–Kier alpha value is -1.30. The van der Waals surface area contributed by atoms with Crippen LogP contribution in [0.3, 0.4) is 0 Å². The van der Waals surface area contributed by atoms with Crippen LogP contribution in [0.1, 0.15) is 12.5 Å². The van der Waals surface area contributed by atoms with Gasteiger partial charge in [-0.05, 0) is 37.6 Å². The minimum atomic E-state index is -0.537. The molecule has 1 atom stereocenters. The summed E-state index contributed by atoms with van der Waals surface area (Å²) in [4.78, 5) is 14.3. The molecule has 1 aliphatic rings. The fourth-order valence-corrected chi connectivity index (χ4v) is 2.37. The van der Waals surface area contributed by atoms with Gasteiger partial charge in [0.1, 0.15) is 5.75 Å².